The Morgan fingerprint density at radius 1 is 1.36 bits per heavy atom. The molecular weight excluding hydrogens is 174 g/mol. The molecule has 1 rings (SSSR count). The Balaban J connectivity index is 2.09. The topological polar surface area (TPSA) is 23.5 Å². The van der Waals surface area contributed by atoms with Gasteiger partial charge in [-0.1, -0.05) is 32.6 Å². The van der Waals surface area contributed by atoms with Crippen molar-refractivity contribution in [2.75, 3.05) is 13.6 Å². The van der Waals surface area contributed by atoms with E-state index in [-0.39, 0.29) is 6.23 Å². The molecule has 2 heteroatoms. The van der Waals surface area contributed by atoms with Crippen molar-refractivity contribution in [2.24, 2.45) is 5.92 Å². The van der Waals surface area contributed by atoms with Crippen molar-refractivity contribution >= 4 is 0 Å². The van der Waals surface area contributed by atoms with E-state index < -0.39 is 0 Å². The van der Waals surface area contributed by atoms with E-state index in [4.69, 9.17) is 0 Å². The predicted octanol–water partition coefficient (Wildman–Crippen LogP) is 2.62. The molecule has 1 aliphatic carbocycles. The molecule has 0 radical (unpaired) electrons. The number of aliphatic hydroxyl groups excluding tert-OH is 1. The van der Waals surface area contributed by atoms with Crippen LogP contribution in [0.2, 0.25) is 0 Å². The van der Waals surface area contributed by atoms with Gasteiger partial charge >= 0.3 is 0 Å². The molecule has 0 aromatic carbocycles. The second-order valence-electron chi connectivity index (χ2n) is 4.69. The van der Waals surface area contributed by atoms with Gasteiger partial charge in [0.05, 0.1) is 0 Å². The highest BCUT2D eigenvalue weighted by Gasteiger charge is 2.17. The summed E-state index contributed by atoms with van der Waals surface area (Å²) < 4.78 is 0. The minimum Gasteiger partial charge on any atom is -0.378 e. The molecule has 1 unspecified atom stereocenters. The smallest absolute Gasteiger partial charge is 0.107 e. The minimum absolute atomic E-state index is 0.212. The van der Waals surface area contributed by atoms with Crippen LogP contribution < -0.4 is 0 Å². The molecule has 0 amide bonds. The van der Waals surface area contributed by atoms with Gasteiger partial charge in [0.1, 0.15) is 6.23 Å². The Bertz CT molecular complexity index is 143. The number of hydrogen-bond donors (Lipinski definition) is 1. The van der Waals surface area contributed by atoms with Gasteiger partial charge in [-0.2, -0.15) is 0 Å². The Hall–Kier alpha value is -0.0800. The molecule has 1 fully saturated rings. The van der Waals surface area contributed by atoms with Crippen molar-refractivity contribution in [2.45, 2.75) is 58.1 Å². The molecule has 0 saturated heterocycles. The summed E-state index contributed by atoms with van der Waals surface area (Å²) in [4.78, 5) is 2.06. The lowest BCUT2D eigenvalue weighted by atomic mass is 10.0. The maximum absolute atomic E-state index is 9.84. The molecule has 1 N–H and O–H groups in total. The lowest BCUT2D eigenvalue weighted by Gasteiger charge is -2.23. The molecule has 1 atom stereocenters. The first-order valence-corrected chi connectivity index (χ1v) is 6.12. The van der Waals surface area contributed by atoms with E-state index in [1.807, 2.05) is 7.05 Å². The molecule has 0 aromatic rings. The zero-order valence-electron chi connectivity index (χ0n) is 9.71. The van der Waals surface area contributed by atoms with Crippen molar-refractivity contribution in [1.29, 1.82) is 0 Å². The highest BCUT2D eigenvalue weighted by atomic mass is 16.3. The molecule has 1 saturated carbocycles. The Morgan fingerprint density at radius 3 is 2.57 bits per heavy atom. The number of aliphatic hydroxyl groups is 1. The van der Waals surface area contributed by atoms with Crippen LogP contribution in [0.15, 0.2) is 0 Å². The van der Waals surface area contributed by atoms with Crippen molar-refractivity contribution in [3.05, 3.63) is 0 Å². The molecule has 0 aliphatic heterocycles. The van der Waals surface area contributed by atoms with E-state index >= 15 is 0 Å². The summed E-state index contributed by atoms with van der Waals surface area (Å²) in [7, 11) is 2.02. The monoisotopic (exact) mass is 199 g/mol. The first-order chi connectivity index (χ1) is 6.74. The Morgan fingerprint density at radius 2 is 2.00 bits per heavy atom. The average Bonchev–Trinajstić information content (AvgIpc) is 2.67. The molecule has 0 bridgehead atoms. The van der Waals surface area contributed by atoms with Crippen LogP contribution in [0.4, 0.5) is 0 Å². The molecule has 0 spiro atoms. The van der Waals surface area contributed by atoms with E-state index in [0.29, 0.717) is 0 Å². The summed E-state index contributed by atoms with van der Waals surface area (Å²) in [6.45, 7) is 3.16. The van der Waals surface area contributed by atoms with Crippen LogP contribution in [0.5, 0.6) is 0 Å². The number of nitrogens with zero attached hydrogens (tertiary/aromatic N) is 1. The zero-order valence-corrected chi connectivity index (χ0v) is 9.71. The van der Waals surface area contributed by atoms with E-state index in [0.717, 1.165) is 25.3 Å². The van der Waals surface area contributed by atoms with Gasteiger partial charge in [0.25, 0.3) is 0 Å². The summed E-state index contributed by atoms with van der Waals surface area (Å²) in [5.74, 6) is 0.902. The van der Waals surface area contributed by atoms with Crippen LogP contribution in [-0.2, 0) is 0 Å². The number of hydrogen-bond acceptors (Lipinski definition) is 2. The minimum atomic E-state index is -0.212. The first-order valence-electron chi connectivity index (χ1n) is 6.12. The lowest BCUT2D eigenvalue weighted by molar-refractivity contribution is 0.0113. The third kappa shape index (κ3) is 3.97. The van der Waals surface area contributed by atoms with Crippen molar-refractivity contribution in [3.8, 4) is 0 Å². The van der Waals surface area contributed by atoms with Crippen molar-refractivity contribution in [1.82, 2.24) is 4.90 Å². The molecule has 2 nitrogen and oxygen atoms in total. The van der Waals surface area contributed by atoms with Gasteiger partial charge in [-0.3, -0.25) is 4.90 Å². The highest BCUT2D eigenvalue weighted by molar-refractivity contribution is 4.69. The second-order valence-corrected chi connectivity index (χ2v) is 4.69. The quantitative estimate of drug-likeness (QED) is 0.665. The third-order valence-electron chi connectivity index (χ3n) is 3.39. The average molecular weight is 199 g/mol. The van der Waals surface area contributed by atoms with Crippen LogP contribution in [0.1, 0.15) is 51.9 Å². The van der Waals surface area contributed by atoms with Gasteiger partial charge in [-0.25, -0.2) is 0 Å². The van der Waals surface area contributed by atoms with Gasteiger partial charge in [0, 0.05) is 0 Å². The largest absolute Gasteiger partial charge is 0.378 e. The maximum Gasteiger partial charge on any atom is 0.107 e. The highest BCUT2D eigenvalue weighted by Crippen LogP contribution is 2.29. The first kappa shape index (κ1) is 12.0. The Kier molecular flexibility index (Phi) is 5.49. The maximum atomic E-state index is 9.84. The summed E-state index contributed by atoms with van der Waals surface area (Å²) in [6.07, 6.45) is 8.69. The van der Waals surface area contributed by atoms with Crippen molar-refractivity contribution in [3.63, 3.8) is 0 Å². The fourth-order valence-corrected chi connectivity index (χ4v) is 2.41. The van der Waals surface area contributed by atoms with Gasteiger partial charge < -0.3 is 5.11 Å². The van der Waals surface area contributed by atoms with Gasteiger partial charge in [-0.05, 0) is 38.8 Å². The normalized spacial score (nSPS) is 20.6. The van der Waals surface area contributed by atoms with E-state index in [1.54, 1.807) is 0 Å². The predicted molar refractivity (Wildman–Crippen MR) is 60.1 cm³/mol. The fraction of sp³-hybridized carbons (Fsp3) is 1.00. The molecule has 84 valence electrons. The van der Waals surface area contributed by atoms with Gasteiger partial charge in [-0.15, -0.1) is 0 Å². The van der Waals surface area contributed by atoms with Crippen LogP contribution in [0, 0.1) is 5.92 Å². The van der Waals surface area contributed by atoms with E-state index in [1.165, 1.54) is 32.1 Å². The van der Waals surface area contributed by atoms with Gasteiger partial charge in [0.15, 0.2) is 0 Å². The van der Waals surface area contributed by atoms with Crippen LogP contribution in [0.3, 0.4) is 0 Å². The standard InChI is InChI=1S/C12H25NO/c1-3-10-13(2)12(14)9-8-11-6-4-5-7-11/h11-12,14H,3-10H2,1-2H3. The second kappa shape index (κ2) is 6.41. The van der Waals surface area contributed by atoms with E-state index in [2.05, 4.69) is 11.8 Å². The fourth-order valence-electron chi connectivity index (χ4n) is 2.41. The SMILES string of the molecule is CCCN(C)C(O)CCC1CCCC1. The molecular formula is C12H25NO. The van der Waals surface area contributed by atoms with E-state index in [9.17, 15) is 5.11 Å². The summed E-state index contributed by atoms with van der Waals surface area (Å²) in [6, 6.07) is 0. The van der Waals surface area contributed by atoms with Crippen molar-refractivity contribution < 1.29 is 5.11 Å². The lowest BCUT2D eigenvalue weighted by Crippen LogP contribution is -2.32. The summed E-state index contributed by atoms with van der Waals surface area (Å²) in [5.41, 5.74) is 0. The van der Waals surface area contributed by atoms with Gasteiger partial charge in [0.2, 0.25) is 0 Å². The van der Waals surface area contributed by atoms with Crippen LogP contribution >= 0.6 is 0 Å². The number of rotatable bonds is 6. The third-order valence-corrected chi connectivity index (χ3v) is 3.39. The molecule has 0 heterocycles. The molecule has 14 heavy (non-hydrogen) atoms. The Labute approximate surface area is 88.3 Å². The zero-order chi connectivity index (χ0) is 10.4. The molecule has 0 aromatic heterocycles. The summed E-state index contributed by atoms with van der Waals surface area (Å²) >= 11 is 0. The van der Waals surface area contributed by atoms with Crippen LogP contribution in [-0.4, -0.2) is 29.8 Å². The molecule has 1 aliphatic rings. The van der Waals surface area contributed by atoms with Crippen LogP contribution in [0.25, 0.3) is 0 Å². The summed E-state index contributed by atoms with van der Waals surface area (Å²) in [5, 5.41) is 9.84.